The topological polar surface area (TPSA) is 71.2 Å². The molecule has 0 spiro atoms. The Labute approximate surface area is 112 Å². The number of aliphatic hydroxyl groups is 2. The highest BCUT2D eigenvalue weighted by Gasteiger charge is 2.11. The number of aliphatic hydroxyl groups excluding tert-OH is 2. The quantitative estimate of drug-likeness (QED) is 0.809. The van der Waals surface area contributed by atoms with E-state index >= 15 is 0 Å². The SMILES string of the molecule is Cc1ccc(CCc2c(CO)nnn2CCO)cc1. The van der Waals surface area contributed by atoms with Crippen LogP contribution in [0.3, 0.4) is 0 Å². The third kappa shape index (κ3) is 3.39. The molecule has 0 amide bonds. The van der Waals surface area contributed by atoms with Crippen molar-refractivity contribution in [1.82, 2.24) is 15.0 Å². The summed E-state index contributed by atoms with van der Waals surface area (Å²) in [5, 5.41) is 26.1. The maximum atomic E-state index is 9.26. The van der Waals surface area contributed by atoms with Crippen LogP contribution in [0.2, 0.25) is 0 Å². The van der Waals surface area contributed by atoms with E-state index in [0.29, 0.717) is 12.2 Å². The first-order valence-corrected chi connectivity index (χ1v) is 6.43. The maximum Gasteiger partial charge on any atom is 0.111 e. The van der Waals surface area contributed by atoms with Gasteiger partial charge in [-0.3, -0.25) is 0 Å². The van der Waals surface area contributed by atoms with Gasteiger partial charge in [0.2, 0.25) is 0 Å². The lowest BCUT2D eigenvalue weighted by molar-refractivity contribution is 0.264. The highest BCUT2D eigenvalue weighted by molar-refractivity contribution is 5.22. The van der Waals surface area contributed by atoms with Crippen LogP contribution in [0.15, 0.2) is 24.3 Å². The van der Waals surface area contributed by atoms with Crippen molar-refractivity contribution in [2.45, 2.75) is 32.9 Å². The summed E-state index contributed by atoms with van der Waals surface area (Å²) in [6.07, 6.45) is 1.62. The van der Waals surface area contributed by atoms with Gasteiger partial charge in [0.15, 0.2) is 0 Å². The van der Waals surface area contributed by atoms with Gasteiger partial charge in [0, 0.05) is 0 Å². The van der Waals surface area contributed by atoms with Crippen LogP contribution in [0.5, 0.6) is 0 Å². The number of rotatable bonds is 6. The molecular formula is C14H19N3O2. The number of nitrogens with zero attached hydrogens (tertiary/aromatic N) is 3. The van der Waals surface area contributed by atoms with Gasteiger partial charge in [0.05, 0.1) is 25.5 Å². The molecule has 0 aliphatic rings. The Morgan fingerprint density at radius 3 is 2.47 bits per heavy atom. The normalized spacial score (nSPS) is 10.9. The lowest BCUT2D eigenvalue weighted by atomic mass is 10.1. The second kappa shape index (κ2) is 6.45. The number of benzene rings is 1. The zero-order valence-electron chi connectivity index (χ0n) is 11.1. The maximum absolute atomic E-state index is 9.26. The molecular weight excluding hydrogens is 242 g/mol. The molecule has 5 nitrogen and oxygen atoms in total. The Hall–Kier alpha value is -1.72. The van der Waals surface area contributed by atoms with Crippen LogP contribution in [0.4, 0.5) is 0 Å². The van der Waals surface area contributed by atoms with E-state index in [2.05, 4.69) is 41.5 Å². The van der Waals surface area contributed by atoms with E-state index in [1.165, 1.54) is 11.1 Å². The van der Waals surface area contributed by atoms with E-state index in [0.717, 1.165) is 18.5 Å². The predicted molar refractivity (Wildman–Crippen MR) is 71.6 cm³/mol. The zero-order chi connectivity index (χ0) is 13.7. The second-order valence-corrected chi connectivity index (χ2v) is 4.57. The van der Waals surface area contributed by atoms with Crippen LogP contribution in [-0.4, -0.2) is 31.8 Å². The third-order valence-electron chi connectivity index (χ3n) is 3.15. The summed E-state index contributed by atoms with van der Waals surface area (Å²) < 4.78 is 1.67. The van der Waals surface area contributed by atoms with Crippen molar-refractivity contribution in [1.29, 1.82) is 0 Å². The van der Waals surface area contributed by atoms with Gasteiger partial charge in [-0.25, -0.2) is 4.68 Å². The molecule has 0 atom stereocenters. The van der Waals surface area contributed by atoms with E-state index in [1.54, 1.807) is 4.68 Å². The van der Waals surface area contributed by atoms with E-state index in [1.807, 2.05) is 0 Å². The molecule has 0 unspecified atom stereocenters. The van der Waals surface area contributed by atoms with Crippen molar-refractivity contribution < 1.29 is 10.2 Å². The summed E-state index contributed by atoms with van der Waals surface area (Å²) in [6, 6.07) is 8.39. The molecule has 0 aliphatic heterocycles. The number of aromatic nitrogens is 3. The Balaban J connectivity index is 2.09. The molecule has 1 aromatic heterocycles. The molecule has 102 valence electrons. The molecule has 5 heteroatoms. The van der Waals surface area contributed by atoms with E-state index in [9.17, 15) is 5.11 Å². The summed E-state index contributed by atoms with van der Waals surface area (Å²) in [5.41, 5.74) is 3.98. The molecule has 1 heterocycles. The molecule has 0 saturated heterocycles. The monoisotopic (exact) mass is 261 g/mol. The van der Waals surface area contributed by atoms with E-state index in [4.69, 9.17) is 5.11 Å². The smallest absolute Gasteiger partial charge is 0.111 e. The fourth-order valence-electron chi connectivity index (χ4n) is 2.06. The van der Waals surface area contributed by atoms with Crippen molar-refractivity contribution in [2.75, 3.05) is 6.61 Å². The lowest BCUT2D eigenvalue weighted by Crippen LogP contribution is -2.10. The van der Waals surface area contributed by atoms with Crippen molar-refractivity contribution in [3.8, 4) is 0 Å². The largest absolute Gasteiger partial charge is 0.394 e. The summed E-state index contributed by atoms with van der Waals surface area (Å²) in [4.78, 5) is 0. The molecule has 19 heavy (non-hydrogen) atoms. The molecule has 0 radical (unpaired) electrons. The Morgan fingerprint density at radius 2 is 1.84 bits per heavy atom. The second-order valence-electron chi connectivity index (χ2n) is 4.57. The van der Waals surface area contributed by atoms with Crippen molar-refractivity contribution >= 4 is 0 Å². The van der Waals surface area contributed by atoms with Crippen LogP contribution in [0.1, 0.15) is 22.5 Å². The predicted octanol–water partition coefficient (Wildman–Crippen LogP) is 0.856. The number of aryl methyl sites for hydroxylation is 2. The lowest BCUT2D eigenvalue weighted by Gasteiger charge is -2.06. The molecule has 0 fully saturated rings. The Morgan fingerprint density at radius 1 is 1.11 bits per heavy atom. The van der Waals surface area contributed by atoms with Crippen LogP contribution in [-0.2, 0) is 26.0 Å². The van der Waals surface area contributed by atoms with Gasteiger partial charge in [0.1, 0.15) is 5.69 Å². The first-order chi connectivity index (χ1) is 9.24. The molecule has 2 N–H and O–H groups in total. The third-order valence-corrected chi connectivity index (χ3v) is 3.15. The van der Waals surface area contributed by atoms with Crippen molar-refractivity contribution in [3.05, 3.63) is 46.8 Å². The Bertz CT molecular complexity index is 520. The minimum absolute atomic E-state index is 0.0196. The average Bonchev–Trinajstić information content (AvgIpc) is 2.81. The Kier molecular flexibility index (Phi) is 4.65. The minimum atomic E-state index is -0.116. The fourth-order valence-corrected chi connectivity index (χ4v) is 2.06. The van der Waals surface area contributed by atoms with Gasteiger partial charge >= 0.3 is 0 Å². The molecule has 2 aromatic rings. The van der Waals surface area contributed by atoms with Crippen molar-refractivity contribution in [3.63, 3.8) is 0 Å². The molecule has 2 rings (SSSR count). The summed E-state index contributed by atoms with van der Waals surface area (Å²) in [5.74, 6) is 0. The van der Waals surface area contributed by atoms with E-state index < -0.39 is 0 Å². The van der Waals surface area contributed by atoms with Crippen LogP contribution >= 0.6 is 0 Å². The molecule has 0 bridgehead atoms. The molecule has 1 aromatic carbocycles. The van der Waals surface area contributed by atoms with Gasteiger partial charge in [-0.1, -0.05) is 35.0 Å². The van der Waals surface area contributed by atoms with Gasteiger partial charge in [0.25, 0.3) is 0 Å². The van der Waals surface area contributed by atoms with Gasteiger partial charge in [-0.05, 0) is 25.3 Å². The fraction of sp³-hybridized carbons (Fsp3) is 0.429. The standard InChI is InChI=1S/C14H19N3O2/c1-11-2-4-12(5-3-11)6-7-14-13(10-19)15-16-17(14)8-9-18/h2-5,18-19H,6-10H2,1H3. The summed E-state index contributed by atoms with van der Waals surface area (Å²) in [6.45, 7) is 2.38. The van der Waals surface area contributed by atoms with Crippen LogP contribution < -0.4 is 0 Å². The summed E-state index contributed by atoms with van der Waals surface area (Å²) >= 11 is 0. The van der Waals surface area contributed by atoms with E-state index in [-0.39, 0.29) is 13.2 Å². The van der Waals surface area contributed by atoms with Crippen molar-refractivity contribution in [2.24, 2.45) is 0 Å². The van der Waals surface area contributed by atoms with Gasteiger partial charge in [-0.2, -0.15) is 0 Å². The van der Waals surface area contributed by atoms with Crippen LogP contribution in [0, 0.1) is 6.92 Å². The first kappa shape index (κ1) is 13.7. The highest BCUT2D eigenvalue weighted by atomic mass is 16.3. The molecule has 0 aliphatic carbocycles. The number of hydrogen-bond acceptors (Lipinski definition) is 4. The number of hydrogen-bond donors (Lipinski definition) is 2. The first-order valence-electron chi connectivity index (χ1n) is 6.43. The summed E-state index contributed by atoms with van der Waals surface area (Å²) in [7, 11) is 0. The van der Waals surface area contributed by atoms with Crippen LogP contribution in [0.25, 0.3) is 0 Å². The minimum Gasteiger partial charge on any atom is -0.394 e. The van der Waals surface area contributed by atoms with Gasteiger partial charge < -0.3 is 10.2 Å². The zero-order valence-corrected chi connectivity index (χ0v) is 11.1. The van der Waals surface area contributed by atoms with Gasteiger partial charge in [-0.15, -0.1) is 5.10 Å². The highest BCUT2D eigenvalue weighted by Crippen LogP contribution is 2.11. The molecule has 0 saturated carbocycles. The average molecular weight is 261 g/mol.